The SMILES string of the molecule is CCCCCCC(C)(C)c1cc(O)c([C@H]2CCCC(C)C2)c(O)c1. The van der Waals surface area contributed by atoms with Gasteiger partial charge < -0.3 is 10.2 Å². The van der Waals surface area contributed by atoms with Crippen molar-refractivity contribution >= 4 is 0 Å². The van der Waals surface area contributed by atoms with E-state index in [4.69, 9.17) is 0 Å². The van der Waals surface area contributed by atoms with Gasteiger partial charge in [0.1, 0.15) is 11.5 Å². The van der Waals surface area contributed by atoms with Crippen LogP contribution in [-0.2, 0) is 5.41 Å². The second kappa shape index (κ2) is 8.27. The summed E-state index contributed by atoms with van der Waals surface area (Å²) in [7, 11) is 0. The van der Waals surface area contributed by atoms with Crippen molar-refractivity contribution in [2.75, 3.05) is 0 Å². The molecule has 24 heavy (non-hydrogen) atoms. The molecular weight excluding hydrogens is 296 g/mol. The van der Waals surface area contributed by atoms with E-state index in [-0.39, 0.29) is 5.41 Å². The van der Waals surface area contributed by atoms with Gasteiger partial charge in [0.25, 0.3) is 0 Å². The Morgan fingerprint density at radius 1 is 1.04 bits per heavy atom. The Balaban J connectivity index is 2.16. The highest BCUT2D eigenvalue weighted by molar-refractivity contribution is 5.50. The van der Waals surface area contributed by atoms with Crippen LogP contribution in [0.4, 0.5) is 0 Å². The Labute approximate surface area is 148 Å². The average molecular weight is 333 g/mol. The fourth-order valence-electron chi connectivity index (χ4n) is 4.27. The first-order valence-electron chi connectivity index (χ1n) is 9.91. The van der Waals surface area contributed by atoms with E-state index in [1.54, 1.807) is 0 Å². The topological polar surface area (TPSA) is 40.5 Å². The van der Waals surface area contributed by atoms with Gasteiger partial charge in [-0.05, 0) is 54.2 Å². The lowest BCUT2D eigenvalue weighted by molar-refractivity contribution is 0.326. The van der Waals surface area contributed by atoms with E-state index in [9.17, 15) is 10.2 Å². The summed E-state index contributed by atoms with van der Waals surface area (Å²) >= 11 is 0. The molecule has 0 amide bonds. The quantitative estimate of drug-likeness (QED) is 0.549. The number of hydrogen-bond donors (Lipinski definition) is 2. The van der Waals surface area contributed by atoms with Gasteiger partial charge in [0.2, 0.25) is 0 Å². The summed E-state index contributed by atoms with van der Waals surface area (Å²) < 4.78 is 0. The van der Waals surface area contributed by atoms with Crippen LogP contribution in [0.5, 0.6) is 11.5 Å². The molecule has 1 aliphatic rings. The summed E-state index contributed by atoms with van der Waals surface area (Å²) in [5.41, 5.74) is 1.83. The van der Waals surface area contributed by atoms with Gasteiger partial charge in [0, 0.05) is 5.56 Å². The standard InChI is InChI=1S/C22H36O2/c1-5-6-7-8-12-22(3,4)18-14-19(23)21(20(24)15-18)17-11-9-10-16(2)13-17/h14-17,23-24H,5-13H2,1-4H3/t16?,17-/m0/s1. The van der Waals surface area contributed by atoms with Crippen LogP contribution in [0.1, 0.15) is 103 Å². The molecule has 1 aromatic carbocycles. The second-order valence-corrected chi connectivity index (χ2v) is 8.59. The highest BCUT2D eigenvalue weighted by Gasteiger charge is 2.28. The van der Waals surface area contributed by atoms with Crippen molar-refractivity contribution in [1.82, 2.24) is 0 Å². The maximum absolute atomic E-state index is 10.6. The lowest BCUT2D eigenvalue weighted by Crippen LogP contribution is -2.18. The van der Waals surface area contributed by atoms with Gasteiger partial charge >= 0.3 is 0 Å². The minimum atomic E-state index is -0.0128. The molecule has 2 atom stereocenters. The lowest BCUT2D eigenvalue weighted by atomic mass is 9.75. The zero-order valence-electron chi connectivity index (χ0n) is 16.1. The average Bonchev–Trinajstić information content (AvgIpc) is 2.51. The Morgan fingerprint density at radius 3 is 2.29 bits per heavy atom. The molecule has 0 bridgehead atoms. The molecule has 2 heteroatoms. The van der Waals surface area contributed by atoms with Crippen LogP contribution in [0.15, 0.2) is 12.1 Å². The molecule has 1 unspecified atom stereocenters. The molecule has 0 aromatic heterocycles. The number of unbranched alkanes of at least 4 members (excludes halogenated alkanes) is 3. The van der Waals surface area contributed by atoms with Crippen molar-refractivity contribution in [2.45, 2.75) is 96.8 Å². The van der Waals surface area contributed by atoms with E-state index in [0.717, 1.165) is 30.4 Å². The van der Waals surface area contributed by atoms with Gasteiger partial charge in [-0.3, -0.25) is 0 Å². The fraction of sp³-hybridized carbons (Fsp3) is 0.727. The first kappa shape index (κ1) is 19.1. The van der Waals surface area contributed by atoms with Crippen molar-refractivity contribution in [2.24, 2.45) is 5.92 Å². The molecule has 0 heterocycles. The number of phenols is 2. The summed E-state index contributed by atoms with van der Waals surface area (Å²) in [6.45, 7) is 8.94. The Bertz CT molecular complexity index is 510. The summed E-state index contributed by atoms with van der Waals surface area (Å²) in [5.74, 6) is 1.57. The van der Waals surface area contributed by atoms with E-state index in [1.807, 2.05) is 12.1 Å². The maximum Gasteiger partial charge on any atom is 0.123 e. The summed E-state index contributed by atoms with van der Waals surface area (Å²) in [4.78, 5) is 0. The molecule has 1 aliphatic carbocycles. The molecule has 1 saturated carbocycles. The normalized spacial score (nSPS) is 21.8. The smallest absolute Gasteiger partial charge is 0.123 e. The Kier molecular flexibility index (Phi) is 6.60. The molecule has 1 fully saturated rings. The van der Waals surface area contributed by atoms with E-state index in [1.165, 1.54) is 38.5 Å². The first-order valence-corrected chi connectivity index (χ1v) is 9.91. The zero-order valence-corrected chi connectivity index (χ0v) is 16.1. The van der Waals surface area contributed by atoms with Gasteiger partial charge in [-0.15, -0.1) is 0 Å². The van der Waals surface area contributed by atoms with Crippen LogP contribution in [0.3, 0.4) is 0 Å². The molecule has 2 nitrogen and oxygen atoms in total. The minimum Gasteiger partial charge on any atom is -0.508 e. The van der Waals surface area contributed by atoms with Crippen molar-refractivity contribution < 1.29 is 10.2 Å². The van der Waals surface area contributed by atoms with E-state index in [0.29, 0.717) is 23.3 Å². The van der Waals surface area contributed by atoms with Crippen LogP contribution >= 0.6 is 0 Å². The summed E-state index contributed by atoms with van der Waals surface area (Å²) in [6, 6.07) is 3.82. The second-order valence-electron chi connectivity index (χ2n) is 8.59. The Morgan fingerprint density at radius 2 is 1.71 bits per heavy atom. The molecule has 0 aliphatic heterocycles. The minimum absolute atomic E-state index is 0.0128. The highest BCUT2D eigenvalue weighted by atomic mass is 16.3. The number of rotatable bonds is 7. The predicted molar refractivity (Wildman–Crippen MR) is 102 cm³/mol. The van der Waals surface area contributed by atoms with Gasteiger partial charge in [-0.25, -0.2) is 0 Å². The lowest BCUT2D eigenvalue weighted by Gasteiger charge is -2.30. The summed E-state index contributed by atoms with van der Waals surface area (Å²) in [6.07, 6.45) is 10.7. The molecule has 2 rings (SSSR count). The van der Waals surface area contributed by atoms with Crippen molar-refractivity contribution in [3.05, 3.63) is 23.3 Å². The van der Waals surface area contributed by atoms with Crippen LogP contribution in [-0.4, -0.2) is 10.2 Å². The number of aromatic hydroxyl groups is 2. The molecule has 2 N–H and O–H groups in total. The van der Waals surface area contributed by atoms with Crippen molar-refractivity contribution in [3.8, 4) is 11.5 Å². The first-order chi connectivity index (χ1) is 11.3. The highest BCUT2D eigenvalue weighted by Crippen LogP contribution is 2.45. The van der Waals surface area contributed by atoms with Gasteiger partial charge in [-0.1, -0.05) is 66.2 Å². The van der Waals surface area contributed by atoms with E-state index >= 15 is 0 Å². The molecular formula is C22H36O2. The third-order valence-electron chi connectivity index (χ3n) is 5.92. The molecule has 0 radical (unpaired) electrons. The van der Waals surface area contributed by atoms with Crippen molar-refractivity contribution in [3.63, 3.8) is 0 Å². The Hall–Kier alpha value is -1.18. The van der Waals surface area contributed by atoms with Crippen LogP contribution < -0.4 is 0 Å². The molecule has 1 aromatic rings. The van der Waals surface area contributed by atoms with Crippen LogP contribution in [0, 0.1) is 5.92 Å². The number of hydrogen-bond acceptors (Lipinski definition) is 2. The van der Waals surface area contributed by atoms with Gasteiger partial charge in [0.05, 0.1) is 0 Å². The monoisotopic (exact) mass is 332 g/mol. The number of benzene rings is 1. The largest absolute Gasteiger partial charge is 0.508 e. The van der Waals surface area contributed by atoms with Crippen molar-refractivity contribution in [1.29, 1.82) is 0 Å². The van der Waals surface area contributed by atoms with E-state index < -0.39 is 0 Å². The third kappa shape index (κ3) is 4.68. The van der Waals surface area contributed by atoms with Gasteiger partial charge in [-0.2, -0.15) is 0 Å². The molecule has 136 valence electrons. The maximum atomic E-state index is 10.6. The zero-order chi connectivity index (χ0) is 17.7. The fourth-order valence-corrected chi connectivity index (χ4v) is 4.27. The molecule has 0 spiro atoms. The van der Waals surface area contributed by atoms with Gasteiger partial charge in [0.15, 0.2) is 0 Å². The van der Waals surface area contributed by atoms with E-state index in [2.05, 4.69) is 27.7 Å². The molecule has 0 saturated heterocycles. The summed E-state index contributed by atoms with van der Waals surface area (Å²) in [5, 5.41) is 21.2. The third-order valence-corrected chi connectivity index (χ3v) is 5.92. The number of phenolic OH excluding ortho intramolecular Hbond substituents is 2. The van der Waals surface area contributed by atoms with Crippen LogP contribution in [0.2, 0.25) is 0 Å². The van der Waals surface area contributed by atoms with Crippen LogP contribution in [0.25, 0.3) is 0 Å². The predicted octanol–water partition coefficient (Wildman–Crippen LogP) is 6.64.